The first kappa shape index (κ1) is 15.6. The average Bonchev–Trinajstić information content (AvgIpc) is 2.15. The SMILES string of the molecule is CC(=O)SCCC(F)(F)C(F)(F)C(F)CF. The van der Waals surface area contributed by atoms with Crippen molar-refractivity contribution in [3.8, 4) is 0 Å². The lowest BCUT2D eigenvalue weighted by Gasteiger charge is -2.27. The van der Waals surface area contributed by atoms with Crippen LogP contribution in [0.1, 0.15) is 13.3 Å². The van der Waals surface area contributed by atoms with E-state index in [1.165, 1.54) is 0 Å². The van der Waals surface area contributed by atoms with Crippen molar-refractivity contribution in [2.45, 2.75) is 31.4 Å². The summed E-state index contributed by atoms with van der Waals surface area (Å²) in [7, 11) is 0. The molecule has 0 bridgehead atoms. The molecule has 0 aromatic rings. The zero-order valence-electron chi connectivity index (χ0n) is 8.28. The highest BCUT2D eigenvalue weighted by atomic mass is 32.2. The third-order valence-corrected chi connectivity index (χ3v) is 2.55. The lowest BCUT2D eigenvalue weighted by molar-refractivity contribution is -0.241. The molecule has 0 spiro atoms. The highest BCUT2D eigenvalue weighted by molar-refractivity contribution is 8.13. The van der Waals surface area contributed by atoms with Gasteiger partial charge in [0.15, 0.2) is 11.3 Å². The van der Waals surface area contributed by atoms with Crippen molar-refractivity contribution >= 4 is 16.9 Å². The van der Waals surface area contributed by atoms with Crippen LogP contribution in [0.25, 0.3) is 0 Å². The molecule has 0 N–H and O–H groups in total. The number of carbonyl (C=O) groups excluding carboxylic acids is 1. The van der Waals surface area contributed by atoms with Crippen LogP contribution in [0.15, 0.2) is 0 Å². The lowest BCUT2D eigenvalue weighted by Crippen LogP contribution is -2.49. The van der Waals surface area contributed by atoms with E-state index in [0.29, 0.717) is 11.8 Å². The summed E-state index contributed by atoms with van der Waals surface area (Å²) in [6.45, 7) is -1.09. The number of rotatable bonds is 6. The van der Waals surface area contributed by atoms with E-state index in [2.05, 4.69) is 0 Å². The minimum Gasteiger partial charge on any atom is -0.288 e. The van der Waals surface area contributed by atoms with Crippen LogP contribution in [0, 0.1) is 0 Å². The molecule has 96 valence electrons. The standard InChI is InChI=1S/C8H10F6OS/c1-5(15)16-3-2-7(11,12)8(13,14)6(10)4-9/h6H,2-4H2,1H3. The number of hydrogen-bond donors (Lipinski definition) is 0. The van der Waals surface area contributed by atoms with Gasteiger partial charge in [-0.2, -0.15) is 17.6 Å². The van der Waals surface area contributed by atoms with E-state index in [4.69, 9.17) is 0 Å². The molecule has 0 aliphatic heterocycles. The first-order chi connectivity index (χ1) is 7.15. The smallest absolute Gasteiger partial charge is 0.288 e. The summed E-state index contributed by atoms with van der Waals surface area (Å²) in [6.07, 6.45) is -4.92. The first-order valence-electron chi connectivity index (χ1n) is 4.24. The predicted molar refractivity (Wildman–Crippen MR) is 48.5 cm³/mol. The van der Waals surface area contributed by atoms with Gasteiger partial charge in [0.05, 0.1) is 0 Å². The number of alkyl halides is 6. The molecule has 0 aromatic heterocycles. The fourth-order valence-electron chi connectivity index (χ4n) is 0.816. The summed E-state index contributed by atoms with van der Waals surface area (Å²) in [5, 5.41) is -0.513. The van der Waals surface area contributed by atoms with Crippen LogP contribution in [0.4, 0.5) is 26.3 Å². The van der Waals surface area contributed by atoms with E-state index >= 15 is 0 Å². The molecule has 0 radical (unpaired) electrons. The zero-order valence-corrected chi connectivity index (χ0v) is 9.10. The maximum absolute atomic E-state index is 12.8. The molecule has 16 heavy (non-hydrogen) atoms. The molecule has 0 fully saturated rings. The first-order valence-corrected chi connectivity index (χ1v) is 5.22. The van der Waals surface area contributed by atoms with E-state index in [1.54, 1.807) is 0 Å². The fraction of sp³-hybridized carbons (Fsp3) is 0.875. The Morgan fingerprint density at radius 2 is 1.81 bits per heavy atom. The van der Waals surface area contributed by atoms with Crippen molar-refractivity contribution in [3.05, 3.63) is 0 Å². The van der Waals surface area contributed by atoms with Gasteiger partial charge in [-0.15, -0.1) is 0 Å². The number of thioether (sulfide) groups is 1. The fourth-order valence-corrected chi connectivity index (χ4v) is 1.46. The Morgan fingerprint density at radius 1 is 1.31 bits per heavy atom. The molecule has 0 amide bonds. The second-order valence-corrected chi connectivity index (χ2v) is 4.31. The molecule has 8 heteroatoms. The van der Waals surface area contributed by atoms with Crippen molar-refractivity contribution in [3.63, 3.8) is 0 Å². The van der Waals surface area contributed by atoms with Crippen LogP contribution in [-0.2, 0) is 4.79 Å². The van der Waals surface area contributed by atoms with Crippen molar-refractivity contribution in [1.29, 1.82) is 0 Å². The number of halogens is 6. The molecule has 1 nitrogen and oxygen atoms in total. The molecular formula is C8H10F6OS. The number of carbonyl (C=O) groups is 1. The van der Waals surface area contributed by atoms with E-state index in [9.17, 15) is 31.1 Å². The molecule has 0 saturated heterocycles. The molecule has 0 aliphatic carbocycles. The van der Waals surface area contributed by atoms with Gasteiger partial charge in [0, 0.05) is 19.1 Å². The average molecular weight is 268 g/mol. The molecule has 1 atom stereocenters. The van der Waals surface area contributed by atoms with Crippen LogP contribution < -0.4 is 0 Å². The third-order valence-electron chi connectivity index (χ3n) is 1.74. The quantitative estimate of drug-likeness (QED) is 0.688. The molecule has 1 unspecified atom stereocenters. The maximum atomic E-state index is 12.8. The highest BCUT2D eigenvalue weighted by Crippen LogP contribution is 2.41. The van der Waals surface area contributed by atoms with Crippen molar-refractivity contribution < 1.29 is 31.1 Å². The molecule has 0 rings (SSSR count). The Morgan fingerprint density at radius 3 is 2.19 bits per heavy atom. The summed E-state index contributed by atoms with van der Waals surface area (Å²) < 4.78 is 74.9. The Balaban J connectivity index is 4.45. The van der Waals surface area contributed by atoms with Crippen molar-refractivity contribution in [1.82, 2.24) is 0 Å². The van der Waals surface area contributed by atoms with Gasteiger partial charge >= 0.3 is 11.8 Å². The summed E-state index contributed by atoms with van der Waals surface area (Å²) in [6, 6.07) is 0. The zero-order chi connectivity index (χ0) is 13.0. The monoisotopic (exact) mass is 268 g/mol. The Kier molecular flexibility index (Phi) is 5.64. The van der Waals surface area contributed by atoms with E-state index in [-0.39, 0.29) is 0 Å². The molecule has 0 saturated carbocycles. The Labute approximate surface area is 92.6 Å². The third kappa shape index (κ3) is 3.88. The van der Waals surface area contributed by atoms with E-state index in [1.807, 2.05) is 0 Å². The van der Waals surface area contributed by atoms with Gasteiger partial charge in [-0.1, -0.05) is 11.8 Å². The normalized spacial score (nSPS) is 14.9. The molecule has 0 heterocycles. The second kappa shape index (κ2) is 5.79. The van der Waals surface area contributed by atoms with Crippen molar-refractivity contribution in [2.24, 2.45) is 0 Å². The second-order valence-electron chi connectivity index (χ2n) is 3.04. The Bertz CT molecular complexity index is 245. The van der Waals surface area contributed by atoms with Gasteiger partial charge in [-0.3, -0.25) is 4.79 Å². The summed E-state index contributed by atoms with van der Waals surface area (Å²) in [5.41, 5.74) is 0. The summed E-state index contributed by atoms with van der Waals surface area (Å²) in [5.74, 6) is -10.3. The van der Waals surface area contributed by atoms with Gasteiger partial charge in [-0.05, 0) is 0 Å². The lowest BCUT2D eigenvalue weighted by atomic mass is 10.1. The van der Waals surface area contributed by atoms with E-state index < -0.39 is 42.0 Å². The van der Waals surface area contributed by atoms with Crippen molar-refractivity contribution in [2.75, 3.05) is 12.4 Å². The molecule has 0 aliphatic rings. The van der Waals surface area contributed by atoms with Crippen LogP contribution in [0.2, 0.25) is 0 Å². The van der Waals surface area contributed by atoms with Gasteiger partial charge in [0.2, 0.25) is 0 Å². The van der Waals surface area contributed by atoms with Crippen LogP contribution in [0.5, 0.6) is 0 Å². The van der Waals surface area contributed by atoms with Gasteiger partial charge in [0.1, 0.15) is 6.67 Å². The molecular weight excluding hydrogens is 258 g/mol. The van der Waals surface area contributed by atoms with Gasteiger partial charge in [-0.25, -0.2) is 8.78 Å². The summed E-state index contributed by atoms with van der Waals surface area (Å²) in [4.78, 5) is 10.4. The van der Waals surface area contributed by atoms with Gasteiger partial charge in [0.25, 0.3) is 0 Å². The predicted octanol–water partition coefficient (Wildman–Crippen LogP) is 3.23. The minimum atomic E-state index is -5.06. The molecule has 0 aromatic carbocycles. The maximum Gasteiger partial charge on any atom is 0.343 e. The Hall–Kier alpha value is -0.400. The number of hydrogen-bond acceptors (Lipinski definition) is 2. The highest BCUT2D eigenvalue weighted by Gasteiger charge is 2.61. The van der Waals surface area contributed by atoms with E-state index in [0.717, 1.165) is 6.92 Å². The van der Waals surface area contributed by atoms with Crippen LogP contribution in [0.3, 0.4) is 0 Å². The largest absolute Gasteiger partial charge is 0.343 e. The van der Waals surface area contributed by atoms with Crippen LogP contribution in [-0.4, -0.2) is 35.6 Å². The van der Waals surface area contributed by atoms with Crippen LogP contribution >= 0.6 is 11.8 Å². The summed E-state index contributed by atoms with van der Waals surface area (Å²) >= 11 is 0.425. The minimum absolute atomic E-state index is 0.425. The topological polar surface area (TPSA) is 17.1 Å². The van der Waals surface area contributed by atoms with Gasteiger partial charge < -0.3 is 0 Å².